The summed E-state index contributed by atoms with van der Waals surface area (Å²) in [4.78, 5) is 3.62. The van der Waals surface area contributed by atoms with E-state index in [0.717, 1.165) is 30.3 Å². The van der Waals surface area contributed by atoms with Crippen molar-refractivity contribution >= 4 is 21.6 Å². The summed E-state index contributed by atoms with van der Waals surface area (Å²) in [6, 6.07) is 7.05. The second kappa shape index (κ2) is 7.89. The van der Waals surface area contributed by atoms with E-state index in [1.54, 1.807) is 23.9 Å². The summed E-state index contributed by atoms with van der Waals surface area (Å²) < 4.78 is 22.6. The van der Waals surface area contributed by atoms with Crippen molar-refractivity contribution in [1.82, 2.24) is 10.2 Å². The van der Waals surface area contributed by atoms with Crippen molar-refractivity contribution in [2.75, 3.05) is 45.7 Å². The Morgan fingerprint density at radius 1 is 1.16 bits per heavy atom. The van der Waals surface area contributed by atoms with Crippen molar-refractivity contribution in [3.8, 4) is 0 Å². The van der Waals surface area contributed by atoms with E-state index in [1.165, 1.54) is 6.26 Å². The van der Waals surface area contributed by atoms with Crippen molar-refractivity contribution < 1.29 is 8.42 Å². The van der Waals surface area contributed by atoms with E-state index in [0.29, 0.717) is 4.90 Å². The number of nitrogens with zero attached hydrogens (tertiary/aromatic N) is 1. The fourth-order valence-corrected chi connectivity index (χ4v) is 2.89. The number of likely N-dealkylation sites (N-methyl/N-ethyl adjacent to an activating group) is 1. The van der Waals surface area contributed by atoms with Crippen LogP contribution in [0.15, 0.2) is 34.1 Å². The van der Waals surface area contributed by atoms with Crippen molar-refractivity contribution in [3.05, 3.63) is 24.3 Å². The first-order valence-electron chi connectivity index (χ1n) is 6.18. The largest absolute Gasteiger partial charge is 0.315 e. The third-order valence-electron chi connectivity index (χ3n) is 2.54. The van der Waals surface area contributed by atoms with Crippen molar-refractivity contribution in [2.45, 2.75) is 9.79 Å². The molecule has 19 heavy (non-hydrogen) atoms. The van der Waals surface area contributed by atoms with Gasteiger partial charge in [0, 0.05) is 36.5 Å². The van der Waals surface area contributed by atoms with Gasteiger partial charge < -0.3 is 10.2 Å². The van der Waals surface area contributed by atoms with Crippen LogP contribution >= 0.6 is 11.8 Å². The average Bonchev–Trinajstić information content (AvgIpc) is 2.32. The van der Waals surface area contributed by atoms with Gasteiger partial charge in [0.05, 0.1) is 4.90 Å². The lowest BCUT2D eigenvalue weighted by molar-refractivity contribution is 0.403. The molecular weight excluding hydrogens is 280 g/mol. The Hall–Kier alpha value is -0.560. The molecule has 6 heteroatoms. The second-order valence-electron chi connectivity index (χ2n) is 4.65. The lowest BCUT2D eigenvalue weighted by Crippen LogP contribution is -2.27. The fourth-order valence-electron chi connectivity index (χ4n) is 1.45. The third kappa shape index (κ3) is 6.96. The van der Waals surface area contributed by atoms with Gasteiger partial charge in [-0.1, -0.05) is 0 Å². The average molecular weight is 302 g/mol. The Labute approximate surface area is 120 Å². The maximum absolute atomic E-state index is 11.3. The van der Waals surface area contributed by atoms with Gasteiger partial charge in [0.1, 0.15) is 0 Å². The molecule has 0 aliphatic carbocycles. The Morgan fingerprint density at radius 2 is 1.79 bits per heavy atom. The topological polar surface area (TPSA) is 49.4 Å². The van der Waals surface area contributed by atoms with Crippen LogP contribution in [0, 0.1) is 0 Å². The molecule has 0 fully saturated rings. The SMILES string of the molecule is CN(C)CCNCCSc1ccc(S(C)(=O)=O)cc1. The standard InChI is InChI=1S/C13H22N2O2S2/c1-15(2)10-8-14-9-11-18-12-4-6-13(7-5-12)19(3,16)17/h4-7,14H,8-11H2,1-3H3. The Bertz CT molecular complexity index is 470. The van der Waals surface area contributed by atoms with Crippen LogP contribution in [0.2, 0.25) is 0 Å². The van der Waals surface area contributed by atoms with Crippen molar-refractivity contribution in [2.24, 2.45) is 0 Å². The van der Waals surface area contributed by atoms with E-state index in [-0.39, 0.29) is 0 Å². The first-order chi connectivity index (χ1) is 8.89. The van der Waals surface area contributed by atoms with E-state index in [9.17, 15) is 8.42 Å². The molecule has 0 aliphatic rings. The fraction of sp³-hybridized carbons (Fsp3) is 0.538. The molecule has 0 radical (unpaired) electrons. The summed E-state index contributed by atoms with van der Waals surface area (Å²) in [5.41, 5.74) is 0. The number of hydrogen-bond donors (Lipinski definition) is 1. The van der Waals surface area contributed by atoms with Crippen LogP contribution in [0.3, 0.4) is 0 Å². The Kier molecular flexibility index (Phi) is 6.85. The summed E-state index contributed by atoms with van der Waals surface area (Å²) in [5, 5.41) is 3.36. The van der Waals surface area contributed by atoms with Gasteiger partial charge in [-0.25, -0.2) is 8.42 Å². The van der Waals surface area contributed by atoms with E-state index >= 15 is 0 Å². The highest BCUT2D eigenvalue weighted by Crippen LogP contribution is 2.19. The van der Waals surface area contributed by atoms with Gasteiger partial charge in [0.2, 0.25) is 0 Å². The van der Waals surface area contributed by atoms with Crippen molar-refractivity contribution in [3.63, 3.8) is 0 Å². The number of sulfone groups is 1. The maximum Gasteiger partial charge on any atom is 0.175 e. The summed E-state index contributed by atoms with van der Waals surface area (Å²) in [6.45, 7) is 2.97. The first kappa shape index (κ1) is 16.5. The molecule has 0 amide bonds. The van der Waals surface area contributed by atoms with Gasteiger partial charge in [-0.2, -0.15) is 0 Å². The molecular formula is C13H22N2O2S2. The minimum absolute atomic E-state index is 0.376. The first-order valence-corrected chi connectivity index (χ1v) is 9.05. The minimum atomic E-state index is -3.09. The van der Waals surface area contributed by atoms with Crippen LogP contribution < -0.4 is 5.32 Å². The lowest BCUT2D eigenvalue weighted by Gasteiger charge is -2.10. The molecule has 108 valence electrons. The second-order valence-corrected chi connectivity index (χ2v) is 7.83. The van der Waals surface area contributed by atoms with E-state index < -0.39 is 9.84 Å². The predicted molar refractivity (Wildman–Crippen MR) is 81.7 cm³/mol. The normalized spacial score (nSPS) is 12.0. The van der Waals surface area contributed by atoms with E-state index in [2.05, 4.69) is 24.3 Å². The molecule has 0 heterocycles. The molecule has 1 N–H and O–H groups in total. The van der Waals surface area contributed by atoms with Crippen LogP contribution in [0.4, 0.5) is 0 Å². The zero-order chi connectivity index (χ0) is 14.3. The van der Waals surface area contributed by atoms with Gasteiger partial charge in [-0.15, -0.1) is 11.8 Å². The third-order valence-corrected chi connectivity index (χ3v) is 4.68. The van der Waals surface area contributed by atoms with Crippen LogP contribution in [-0.2, 0) is 9.84 Å². The van der Waals surface area contributed by atoms with Gasteiger partial charge >= 0.3 is 0 Å². The lowest BCUT2D eigenvalue weighted by atomic mass is 10.4. The van der Waals surface area contributed by atoms with Crippen molar-refractivity contribution in [1.29, 1.82) is 0 Å². The van der Waals surface area contributed by atoms with Gasteiger partial charge in [0.15, 0.2) is 9.84 Å². The van der Waals surface area contributed by atoms with Gasteiger partial charge in [-0.05, 0) is 38.4 Å². The molecule has 1 rings (SSSR count). The number of hydrogen-bond acceptors (Lipinski definition) is 5. The van der Waals surface area contributed by atoms with Crippen LogP contribution in [0.25, 0.3) is 0 Å². The molecule has 1 aromatic rings. The highest BCUT2D eigenvalue weighted by atomic mass is 32.2. The number of thioether (sulfide) groups is 1. The molecule has 4 nitrogen and oxygen atoms in total. The molecule has 0 atom stereocenters. The quantitative estimate of drug-likeness (QED) is 0.580. The van der Waals surface area contributed by atoms with Crippen LogP contribution in [-0.4, -0.2) is 59.1 Å². The molecule has 0 aliphatic heterocycles. The molecule has 0 bridgehead atoms. The zero-order valence-corrected chi connectivity index (χ0v) is 13.4. The minimum Gasteiger partial charge on any atom is -0.315 e. The van der Waals surface area contributed by atoms with E-state index in [1.807, 2.05) is 12.1 Å². The highest BCUT2D eigenvalue weighted by molar-refractivity contribution is 7.99. The summed E-state index contributed by atoms with van der Waals surface area (Å²) in [6.07, 6.45) is 1.23. The summed E-state index contributed by atoms with van der Waals surface area (Å²) in [5.74, 6) is 0.978. The zero-order valence-electron chi connectivity index (χ0n) is 11.7. The Morgan fingerprint density at radius 3 is 2.32 bits per heavy atom. The highest BCUT2D eigenvalue weighted by Gasteiger charge is 2.05. The number of nitrogens with one attached hydrogen (secondary N) is 1. The monoisotopic (exact) mass is 302 g/mol. The number of rotatable bonds is 8. The molecule has 0 spiro atoms. The molecule has 0 unspecified atom stereocenters. The summed E-state index contributed by atoms with van der Waals surface area (Å²) in [7, 11) is 1.02. The Balaban J connectivity index is 2.27. The van der Waals surface area contributed by atoms with Crippen LogP contribution in [0.5, 0.6) is 0 Å². The molecule has 0 saturated carbocycles. The van der Waals surface area contributed by atoms with Gasteiger partial charge in [0.25, 0.3) is 0 Å². The van der Waals surface area contributed by atoms with E-state index in [4.69, 9.17) is 0 Å². The van der Waals surface area contributed by atoms with Gasteiger partial charge in [-0.3, -0.25) is 0 Å². The number of benzene rings is 1. The maximum atomic E-state index is 11.3. The summed E-state index contributed by atoms with van der Waals surface area (Å²) >= 11 is 1.73. The molecule has 1 aromatic carbocycles. The molecule has 0 aromatic heterocycles. The smallest absolute Gasteiger partial charge is 0.175 e. The predicted octanol–water partition coefficient (Wildman–Crippen LogP) is 1.33. The molecule has 0 saturated heterocycles. The van der Waals surface area contributed by atoms with Crippen LogP contribution in [0.1, 0.15) is 0 Å².